The zero-order valence-electron chi connectivity index (χ0n) is 24.9. The fourth-order valence-electron chi connectivity index (χ4n) is 5.99. The molecule has 208 valence electrons. The number of terminal acetylenes is 1. The van der Waals surface area contributed by atoms with Crippen molar-refractivity contribution < 1.29 is 9.53 Å². The second-order valence-corrected chi connectivity index (χ2v) is 17.2. The molecule has 0 aromatic heterocycles. The first-order chi connectivity index (χ1) is 18.0. The number of benzene rings is 1. The van der Waals surface area contributed by atoms with Crippen LogP contribution in [0, 0.1) is 29.7 Å². The van der Waals surface area contributed by atoms with Crippen LogP contribution in [0.25, 0.3) is 0 Å². The number of likely N-dealkylation sites (N-methyl/N-ethyl adjacent to an activating group) is 1. The third-order valence-corrected chi connectivity index (χ3v) is 14.2. The van der Waals surface area contributed by atoms with Gasteiger partial charge in [0.2, 0.25) is 5.91 Å². The van der Waals surface area contributed by atoms with E-state index in [1.54, 1.807) is 13.2 Å². The summed E-state index contributed by atoms with van der Waals surface area (Å²) in [6, 6.07) is 8.30. The third kappa shape index (κ3) is 9.05. The van der Waals surface area contributed by atoms with Gasteiger partial charge in [-0.15, -0.1) is 17.9 Å². The minimum atomic E-state index is -1.82. The van der Waals surface area contributed by atoms with Crippen LogP contribution in [0.15, 0.2) is 36.4 Å². The maximum absolute atomic E-state index is 12.8. The Labute approximate surface area is 233 Å². The van der Waals surface area contributed by atoms with Crippen molar-refractivity contribution in [2.75, 3.05) is 40.3 Å². The molecule has 38 heavy (non-hydrogen) atoms. The van der Waals surface area contributed by atoms with Crippen LogP contribution in [0.1, 0.15) is 53.5 Å². The van der Waals surface area contributed by atoms with Crippen LogP contribution >= 0.6 is 0 Å². The van der Waals surface area contributed by atoms with Crippen molar-refractivity contribution >= 4 is 14.0 Å². The molecule has 5 nitrogen and oxygen atoms in total. The van der Waals surface area contributed by atoms with Crippen LogP contribution in [-0.4, -0.2) is 70.2 Å². The van der Waals surface area contributed by atoms with Crippen molar-refractivity contribution in [3.63, 3.8) is 0 Å². The normalized spacial score (nSPS) is 18.6. The summed E-state index contributed by atoms with van der Waals surface area (Å²) < 4.78 is 5.32. The van der Waals surface area contributed by atoms with Gasteiger partial charge in [0.15, 0.2) is 0 Å². The van der Waals surface area contributed by atoms with Gasteiger partial charge in [-0.2, -0.15) is 0 Å². The van der Waals surface area contributed by atoms with Crippen molar-refractivity contribution in [1.29, 1.82) is 0 Å². The number of carbonyl (C=O) groups excluding carboxylic acids is 1. The number of nitrogens with one attached hydrogen (secondary N) is 1. The Hall–Kier alpha value is -2.51. The molecule has 1 aromatic rings. The van der Waals surface area contributed by atoms with Gasteiger partial charge >= 0.3 is 0 Å². The molecule has 0 saturated carbocycles. The van der Waals surface area contributed by atoms with Crippen LogP contribution in [0.3, 0.4) is 0 Å². The van der Waals surface area contributed by atoms with Gasteiger partial charge in [-0.1, -0.05) is 65.7 Å². The van der Waals surface area contributed by atoms with E-state index >= 15 is 0 Å². The van der Waals surface area contributed by atoms with Gasteiger partial charge in [0.25, 0.3) is 0 Å². The highest BCUT2D eigenvalue weighted by Gasteiger charge is 2.42. The SMILES string of the molecule is C#CCN(C)C/C=C/C(=O)N[C@H]1C[C@@H](C#C[Si](C(C)C)(C(C)C)C(C)C)CN(Cc2ccc(OC)cc2)C1. The van der Waals surface area contributed by atoms with Gasteiger partial charge in [0.05, 0.1) is 13.7 Å². The first-order valence-electron chi connectivity index (χ1n) is 14.0. The number of amides is 1. The number of rotatable bonds is 11. The summed E-state index contributed by atoms with van der Waals surface area (Å²) in [5.74, 6) is 7.42. The predicted molar refractivity (Wildman–Crippen MR) is 163 cm³/mol. The molecule has 1 aliphatic heterocycles. The quantitative estimate of drug-likeness (QED) is 0.236. The van der Waals surface area contributed by atoms with Gasteiger partial charge < -0.3 is 10.1 Å². The number of ether oxygens (including phenoxy) is 1. The summed E-state index contributed by atoms with van der Waals surface area (Å²) in [6.07, 6.45) is 9.74. The highest BCUT2D eigenvalue weighted by molar-refractivity contribution is 6.90. The molecule has 1 aromatic carbocycles. The van der Waals surface area contributed by atoms with Gasteiger partial charge in [-0.25, -0.2) is 0 Å². The fraction of sp³-hybridized carbons (Fsp3) is 0.594. The monoisotopic (exact) mass is 535 g/mol. The standard InChI is InChI=1S/C32H49N3O2Si/c1-10-18-34(8)19-11-12-32(36)33-30-21-29(17-20-38(25(2)3,26(4)5)27(6)7)23-35(24-30)22-28-13-15-31(37-9)16-14-28/h1,11-16,25-27,29-30H,18-19,21-24H2,2-9H3,(H,33,36)/b12-11+/t29-,30+/m1/s1. The second-order valence-electron chi connectivity index (χ2n) is 11.6. The third-order valence-electron chi connectivity index (χ3n) is 7.84. The number of nitrogens with zero attached hydrogens (tertiary/aromatic N) is 2. The first kappa shape index (κ1) is 31.7. The molecule has 2 atom stereocenters. The number of carbonyl (C=O) groups is 1. The largest absolute Gasteiger partial charge is 0.497 e. The minimum Gasteiger partial charge on any atom is -0.497 e. The predicted octanol–water partition coefficient (Wildman–Crippen LogP) is 5.34. The molecule has 2 rings (SSSR count). The van der Waals surface area contributed by atoms with E-state index in [1.807, 2.05) is 30.2 Å². The summed E-state index contributed by atoms with van der Waals surface area (Å²) in [5, 5.41) is 3.25. The van der Waals surface area contributed by atoms with E-state index in [4.69, 9.17) is 11.2 Å². The molecule has 6 heteroatoms. The molecule has 0 radical (unpaired) electrons. The van der Waals surface area contributed by atoms with E-state index in [1.165, 1.54) is 5.56 Å². The Morgan fingerprint density at radius 1 is 1.16 bits per heavy atom. The van der Waals surface area contributed by atoms with Crippen LogP contribution in [0.4, 0.5) is 0 Å². The average Bonchev–Trinajstić information content (AvgIpc) is 2.84. The topological polar surface area (TPSA) is 44.8 Å². The van der Waals surface area contributed by atoms with Gasteiger partial charge in [-0.3, -0.25) is 14.6 Å². The molecule has 1 saturated heterocycles. The molecule has 1 heterocycles. The van der Waals surface area contributed by atoms with Crippen molar-refractivity contribution in [2.24, 2.45) is 5.92 Å². The Bertz CT molecular complexity index is 992. The average molecular weight is 536 g/mol. The second kappa shape index (κ2) is 15.2. The zero-order valence-corrected chi connectivity index (χ0v) is 25.9. The van der Waals surface area contributed by atoms with Gasteiger partial charge in [0, 0.05) is 44.2 Å². The summed E-state index contributed by atoms with van der Waals surface area (Å²) in [5.41, 5.74) is 6.96. The minimum absolute atomic E-state index is 0.0510. The van der Waals surface area contributed by atoms with Crippen LogP contribution < -0.4 is 10.1 Å². The van der Waals surface area contributed by atoms with E-state index in [2.05, 4.69) is 81.3 Å². The summed E-state index contributed by atoms with van der Waals surface area (Å²) >= 11 is 0. The summed E-state index contributed by atoms with van der Waals surface area (Å²) in [4.78, 5) is 17.2. The molecule has 1 amide bonds. The molecule has 0 unspecified atom stereocenters. The lowest BCUT2D eigenvalue weighted by atomic mass is 9.94. The molecule has 1 N–H and O–H groups in total. The molecule has 0 spiro atoms. The number of likely N-dealkylation sites (tertiary alicyclic amines) is 1. The van der Waals surface area contributed by atoms with E-state index < -0.39 is 8.07 Å². The van der Waals surface area contributed by atoms with Crippen molar-refractivity contribution in [3.05, 3.63) is 42.0 Å². The van der Waals surface area contributed by atoms with Crippen molar-refractivity contribution in [2.45, 2.75) is 77.2 Å². The number of methoxy groups -OCH3 is 1. The molecule has 0 aliphatic carbocycles. The Kier molecular flexibility index (Phi) is 12.7. The number of hydrogen-bond donors (Lipinski definition) is 1. The lowest BCUT2D eigenvalue weighted by Crippen LogP contribution is -2.50. The summed E-state index contributed by atoms with van der Waals surface area (Å²) in [6.45, 7) is 17.9. The van der Waals surface area contributed by atoms with E-state index in [9.17, 15) is 4.79 Å². The Morgan fingerprint density at radius 2 is 1.79 bits per heavy atom. The van der Waals surface area contributed by atoms with Crippen molar-refractivity contribution in [3.8, 4) is 29.6 Å². The lowest BCUT2D eigenvalue weighted by Gasteiger charge is -2.39. The highest BCUT2D eigenvalue weighted by atomic mass is 28.3. The Balaban J connectivity index is 2.23. The summed E-state index contributed by atoms with van der Waals surface area (Å²) in [7, 11) is 1.81. The molecule has 1 aliphatic rings. The molecule has 1 fully saturated rings. The highest BCUT2D eigenvalue weighted by Crippen LogP contribution is 2.41. The van der Waals surface area contributed by atoms with Crippen LogP contribution in [-0.2, 0) is 11.3 Å². The number of piperidine rings is 1. The lowest BCUT2D eigenvalue weighted by molar-refractivity contribution is -0.117. The van der Waals surface area contributed by atoms with E-state index in [0.717, 1.165) is 31.8 Å². The van der Waals surface area contributed by atoms with Gasteiger partial charge in [0.1, 0.15) is 13.8 Å². The first-order valence-corrected chi connectivity index (χ1v) is 16.2. The van der Waals surface area contributed by atoms with E-state index in [-0.39, 0.29) is 17.9 Å². The van der Waals surface area contributed by atoms with E-state index in [0.29, 0.717) is 29.7 Å². The zero-order chi connectivity index (χ0) is 28.3. The molecular formula is C32H49N3O2Si. The maximum atomic E-state index is 12.8. The fourth-order valence-corrected chi connectivity index (χ4v) is 11.3. The van der Waals surface area contributed by atoms with Crippen LogP contribution in [0.5, 0.6) is 5.75 Å². The molecule has 0 bridgehead atoms. The number of hydrogen-bond acceptors (Lipinski definition) is 4. The maximum Gasteiger partial charge on any atom is 0.243 e. The van der Waals surface area contributed by atoms with Gasteiger partial charge in [-0.05, 0) is 47.8 Å². The Morgan fingerprint density at radius 3 is 2.34 bits per heavy atom. The van der Waals surface area contributed by atoms with Crippen molar-refractivity contribution in [1.82, 2.24) is 15.1 Å². The van der Waals surface area contributed by atoms with Crippen LogP contribution in [0.2, 0.25) is 16.6 Å². The smallest absolute Gasteiger partial charge is 0.243 e. The molecular weight excluding hydrogens is 486 g/mol.